The first-order valence-electron chi connectivity index (χ1n) is 20.2. The minimum absolute atomic E-state index is 0.0202. The van der Waals surface area contributed by atoms with Crippen molar-refractivity contribution in [1.29, 1.82) is 0 Å². The van der Waals surface area contributed by atoms with Gasteiger partial charge in [0, 0.05) is 40.2 Å². The highest BCUT2D eigenvalue weighted by Crippen LogP contribution is 2.72. The predicted octanol–water partition coefficient (Wildman–Crippen LogP) is 3.27. The maximum absolute atomic E-state index is 17.8. The van der Waals surface area contributed by atoms with Gasteiger partial charge >= 0.3 is 5.97 Å². The van der Waals surface area contributed by atoms with Crippen molar-refractivity contribution in [3.63, 3.8) is 0 Å². The molecule has 1 saturated heterocycles. The Morgan fingerprint density at radius 2 is 1.79 bits per heavy atom. The summed E-state index contributed by atoms with van der Waals surface area (Å²) in [7, 11) is 0. The van der Waals surface area contributed by atoms with E-state index in [1.54, 1.807) is 31.2 Å². The lowest BCUT2D eigenvalue weighted by Crippen LogP contribution is -2.70. The fraction of sp³-hybridized carbons (Fsp3) is 0.535. The molecule has 7 N–H and O–H groups in total. The summed E-state index contributed by atoms with van der Waals surface area (Å²) in [5.41, 5.74) is -5.76. The summed E-state index contributed by atoms with van der Waals surface area (Å²) in [6.45, 7) is 1.46. The van der Waals surface area contributed by atoms with Gasteiger partial charge < -0.3 is 45.9 Å². The van der Waals surface area contributed by atoms with Gasteiger partial charge in [0.15, 0.2) is 29.1 Å². The topological polar surface area (TPSA) is 238 Å². The lowest BCUT2D eigenvalue weighted by Gasteiger charge is -2.63. The fourth-order valence-electron chi connectivity index (χ4n) is 10.8. The number of carboxylic acid groups (broad SMARTS) is 1. The Hall–Kier alpha value is -4.24. The number of Topliss-reactive ketones (excluding diaryl/α,β-unsaturated/α-hetero) is 1. The van der Waals surface area contributed by atoms with E-state index in [0.29, 0.717) is 16.0 Å². The second-order valence-electron chi connectivity index (χ2n) is 17.1. The number of carboxylic acids is 1. The van der Waals surface area contributed by atoms with E-state index >= 15 is 8.78 Å². The molecule has 3 amide bonds. The third kappa shape index (κ3) is 7.76. The molecule has 2 heterocycles. The van der Waals surface area contributed by atoms with E-state index in [0.717, 1.165) is 11.0 Å². The average molecular weight is 949 g/mol. The first kappa shape index (κ1) is 45.8. The number of carbonyl (C=O) groups is 6. The van der Waals surface area contributed by atoms with Crippen molar-refractivity contribution < 1.29 is 67.4 Å². The Bertz CT molecular complexity index is 2240. The zero-order valence-electron chi connectivity index (χ0n) is 33.8. The number of alkyl halides is 3. The number of aliphatic hydroxyl groups is 3. The van der Waals surface area contributed by atoms with Gasteiger partial charge in [0.25, 0.3) is 0 Å². The van der Waals surface area contributed by atoms with E-state index in [1.165, 1.54) is 36.5 Å². The number of hydrogen-bond acceptors (Lipinski definition) is 12. The van der Waals surface area contributed by atoms with Gasteiger partial charge in [-0.15, -0.1) is 11.3 Å². The number of fused-ring (bicyclic) bond motifs is 7. The normalized spacial score (nSPS) is 33.6. The molecule has 4 aliphatic carbocycles. The van der Waals surface area contributed by atoms with Crippen LogP contribution in [0.15, 0.2) is 54.1 Å². The van der Waals surface area contributed by atoms with Crippen molar-refractivity contribution in [2.75, 3.05) is 23.8 Å². The Morgan fingerprint density at radius 1 is 1.05 bits per heavy atom. The minimum Gasteiger partial charge on any atom is -0.481 e. The first-order chi connectivity index (χ1) is 29.3. The summed E-state index contributed by atoms with van der Waals surface area (Å²) in [6.07, 6.45) is -2.67. The summed E-state index contributed by atoms with van der Waals surface area (Å²) in [6, 6.07) is 7.19. The van der Waals surface area contributed by atoms with Gasteiger partial charge in [0.2, 0.25) is 17.7 Å². The van der Waals surface area contributed by atoms with E-state index < -0.39 is 119 Å². The van der Waals surface area contributed by atoms with Crippen LogP contribution < -0.4 is 16.0 Å². The van der Waals surface area contributed by atoms with Crippen LogP contribution in [0.3, 0.4) is 0 Å². The van der Waals surface area contributed by atoms with E-state index in [9.17, 15) is 49.2 Å². The Morgan fingerprint density at radius 3 is 2.48 bits per heavy atom. The maximum Gasteiger partial charge on any atom is 0.303 e. The lowest BCUT2D eigenvalue weighted by molar-refractivity contribution is -0.234. The standard InChI is InChI=1S/C43H48BrF2N3O12S/c1-40-8-7-24(52)13-28(40)29(45)14-27-26-15-34-43(33(54)20-51,41(26,2)16-32(53)42(27,40)46)61-39(60-34)31-5-3-25(62-31)12-21-9-22(19-50)11-23(10-21)48-38(59)30(4-6-37(57)58)49-36(56)18-47-35(55)17-44/h3,5,7-11,13,26-27,29-30,32,34,39,50-51,53H,4,6,12,14-20H2,1-2H3,(H,47,55)(H,48,59)(H,49,56)(H,57,58)/t26-,27-,29-,30-,32-,34+,39+,40-,41-,42-,43+/m0/s1. The number of benzene rings is 1. The van der Waals surface area contributed by atoms with Crippen molar-refractivity contribution >= 4 is 68.2 Å². The number of rotatable bonds is 15. The summed E-state index contributed by atoms with van der Waals surface area (Å²) >= 11 is 4.26. The molecule has 0 unspecified atom stereocenters. The molecule has 1 aromatic heterocycles. The van der Waals surface area contributed by atoms with Crippen molar-refractivity contribution in [3.05, 3.63) is 75.0 Å². The molecule has 7 rings (SSSR count). The van der Waals surface area contributed by atoms with Crippen molar-refractivity contribution in [1.82, 2.24) is 10.6 Å². The van der Waals surface area contributed by atoms with Crippen molar-refractivity contribution in [2.45, 2.75) is 101 Å². The molecule has 11 atom stereocenters. The second kappa shape index (κ2) is 17.4. The highest BCUT2D eigenvalue weighted by atomic mass is 79.9. The van der Waals surface area contributed by atoms with Crippen LogP contribution in [0.2, 0.25) is 0 Å². The number of aliphatic hydroxyl groups excluding tert-OH is 3. The van der Waals surface area contributed by atoms with Crippen molar-refractivity contribution in [2.24, 2.45) is 22.7 Å². The third-order valence-electron chi connectivity index (χ3n) is 13.6. The van der Waals surface area contributed by atoms with Gasteiger partial charge in [-0.05, 0) is 91.6 Å². The Balaban J connectivity index is 1.09. The molecule has 15 nitrogen and oxygen atoms in total. The predicted molar refractivity (Wildman–Crippen MR) is 221 cm³/mol. The minimum atomic E-state index is -2.38. The average Bonchev–Trinajstić information content (AvgIpc) is 3.92. The van der Waals surface area contributed by atoms with Gasteiger partial charge in [0.1, 0.15) is 18.8 Å². The summed E-state index contributed by atoms with van der Waals surface area (Å²) in [5, 5.41) is 48.9. The van der Waals surface area contributed by atoms with Crippen LogP contribution in [0.4, 0.5) is 14.5 Å². The molecule has 3 saturated carbocycles. The quantitative estimate of drug-likeness (QED) is 0.128. The number of ketones is 2. The Kier molecular flexibility index (Phi) is 12.8. The summed E-state index contributed by atoms with van der Waals surface area (Å²) < 4.78 is 46.8. The number of hydrogen-bond donors (Lipinski definition) is 7. The smallest absolute Gasteiger partial charge is 0.303 e. The molecule has 19 heteroatoms. The lowest BCUT2D eigenvalue weighted by atomic mass is 9.44. The van der Waals surface area contributed by atoms with Gasteiger partial charge in [0.05, 0.1) is 35.6 Å². The van der Waals surface area contributed by atoms with Crippen LogP contribution in [-0.2, 0) is 51.3 Å². The highest BCUT2D eigenvalue weighted by molar-refractivity contribution is 9.09. The summed E-state index contributed by atoms with van der Waals surface area (Å²) in [4.78, 5) is 76.2. The largest absolute Gasteiger partial charge is 0.481 e. The number of aliphatic carboxylic acids is 1. The van der Waals surface area contributed by atoms with Gasteiger partial charge in [-0.1, -0.05) is 35.0 Å². The molecule has 2 aromatic rings. The molecule has 334 valence electrons. The van der Waals surface area contributed by atoms with Gasteiger partial charge in [-0.2, -0.15) is 0 Å². The first-order valence-corrected chi connectivity index (χ1v) is 22.2. The third-order valence-corrected chi connectivity index (χ3v) is 15.2. The van der Waals surface area contributed by atoms with Crippen LogP contribution in [0.1, 0.15) is 73.1 Å². The van der Waals surface area contributed by atoms with E-state index in [4.69, 9.17) is 9.47 Å². The van der Waals surface area contributed by atoms with Crippen LogP contribution >= 0.6 is 27.3 Å². The molecular weight excluding hydrogens is 900 g/mol. The molecule has 4 fully saturated rings. The second-order valence-corrected chi connectivity index (χ2v) is 18.9. The number of anilines is 1. The molecular formula is C43H48BrF2N3O12S. The van der Waals surface area contributed by atoms with Crippen molar-refractivity contribution in [3.8, 4) is 0 Å². The van der Waals surface area contributed by atoms with Crippen LogP contribution in [0, 0.1) is 22.7 Å². The highest BCUT2D eigenvalue weighted by Gasteiger charge is 2.80. The number of allylic oxidation sites excluding steroid dienone is 4. The van der Waals surface area contributed by atoms with Gasteiger partial charge in [-0.3, -0.25) is 28.8 Å². The zero-order valence-corrected chi connectivity index (χ0v) is 36.2. The number of halogens is 3. The molecule has 1 aromatic carbocycles. The van der Waals surface area contributed by atoms with Crippen LogP contribution in [0.5, 0.6) is 0 Å². The van der Waals surface area contributed by atoms with E-state index in [2.05, 4.69) is 31.9 Å². The van der Waals surface area contributed by atoms with E-state index in [1.807, 2.05) is 0 Å². The number of nitrogens with one attached hydrogen (secondary N) is 3. The zero-order chi connectivity index (χ0) is 44.9. The molecule has 0 spiro atoms. The number of ether oxygens (including phenoxy) is 2. The number of amides is 3. The molecule has 0 radical (unpaired) electrons. The molecule has 1 aliphatic heterocycles. The van der Waals surface area contributed by atoms with Gasteiger partial charge in [-0.25, -0.2) is 8.78 Å². The molecule has 5 aliphatic rings. The van der Waals surface area contributed by atoms with E-state index in [-0.39, 0.29) is 55.3 Å². The summed E-state index contributed by atoms with van der Waals surface area (Å²) in [5.74, 6) is -6.03. The molecule has 0 bridgehead atoms. The van der Waals surface area contributed by atoms with Crippen LogP contribution in [0.25, 0.3) is 0 Å². The molecule has 62 heavy (non-hydrogen) atoms. The number of carbonyl (C=O) groups excluding carboxylic acids is 5. The monoisotopic (exact) mass is 947 g/mol. The Labute approximate surface area is 367 Å². The SMILES string of the molecule is C[C@]12C=CC(=O)C=C1[C@@H](F)C[C@H]1[C@@H]3C[C@H]4O[C@@H](c5ccc(Cc6cc(CO)cc(NC(=O)[C@H](CCC(=O)O)NC(=O)CNC(=O)CBr)c6)s5)O[C@@]4(C(=O)CO)[C@@]3(C)C[C@H](O)[C@@]12F. The fourth-order valence-corrected chi connectivity index (χ4v) is 12.0. The van der Waals surface area contributed by atoms with Crippen LogP contribution in [-0.4, -0.2) is 110 Å². The maximum atomic E-state index is 17.8. The number of thiophene rings is 1.